The molecule has 0 aromatic heterocycles. The molecule has 1 saturated heterocycles. The highest BCUT2D eigenvalue weighted by atomic mass is 16.2. The molecule has 7 nitrogen and oxygen atoms in total. The van der Waals surface area contributed by atoms with Crippen molar-refractivity contribution in [2.75, 3.05) is 13.1 Å². The SMILES string of the molecule is C=CCN1C(=O)C(=O)N(CC(=O)N[C@H](C)c2ccc(C)c(C)c2)C1=O. The number of nitrogens with one attached hydrogen (secondary N) is 1. The fourth-order valence-electron chi connectivity index (χ4n) is 2.53. The predicted molar refractivity (Wildman–Crippen MR) is 91.5 cm³/mol. The third-order valence-electron chi connectivity index (χ3n) is 4.16. The molecule has 0 bridgehead atoms. The zero-order valence-corrected chi connectivity index (χ0v) is 14.5. The fourth-order valence-corrected chi connectivity index (χ4v) is 2.53. The summed E-state index contributed by atoms with van der Waals surface area (Å²) in [4.78, 5) is 49.3. The van der Waals surface area contributed by atoms with E-state index < -0.39 is 30.3 Å². The lowest BCUT2D eigenvalue weighted by Crippen LogP contribution is -2.42. The molecule has 2 rings (SSSR count). The molecule has 1 aliphatic heterocycles. The van der Waals surface area contributed by atoms with Crippen molar-refractivity contribution < 1.29 is 19.2 Å². The Kier molecular flexibility index (Phi) is 5.36. The Hall–Kier alpha value is -2.96. The van der Waals surface area contributed by atoms with Crippen LogP contribution in [0, 0.1) is 13.8 Å². The Labute approximate surface area is 146 Å². The number of carbonyl (C=O) groups excluding carboxylic acids is 4. The first kappa shape index (κ1) is 18.4. The van der Waals surface area contributed by atoms with Crippen molar-refractivity contribution in [2.45, 2.75) is 26.8 Å². The maximum Gasteiger partial charge on any atom is 0.335 e. The number of aryl methyl sites for hydroxylation is 2. The quantitative estimate of drug-likeness (QED) is 0.481. The van der Waals surface area contributed by atoms with E-state index in [0.29, 0.717) is 4.90 Å². The maximum absolute atomic E-state index is 12.2. The molecule has 0 aliphatic carbocycles. The molecular weight excluding hydrogens is 322 g/mol. The molecule has 0 saturated carbocycles. The van der Waals surface area contributed by atoms with E-state index in [0.717, 1.165) is 21.6 Å². The lowest BCUT2D eigenvalue weighted by Gasteiger charge is -2.18. The topological polar surface area (TPSA) is 86.8 Å². The minimum atomic E-state index is -0.999. The Morgan fingerprint density at radius 1 is 1.16 bits per heavy atom. The second-order valence-electron chi connectivity index (χ2n) is 6.01. The number of amides is 5. The monoisotopic (exact) mass is 343 g/mol. The molecule has 7 heteroatoms. The number of imide groups is 2. The van der Waals surface area contributed by atoms with Gasteiger partial charge < -0.3 is 5.32 Å². The molecule has 1 aromatic carbocycles. The van der Waals surface area contributed by atoms with Gasteiger partial charge in [-0.2, -0.15) is 0 Å². The first-order valence-electron chi connectivity index (χ1n) is 7.91. The van der Waals surface area contributed by atoms with Gasteiger partial charge in [0.25, 0.3) is 0 Å². The highest BCUT2D eigenvalue weighted by Crippen LogP contribution is 2.17. The van der Waals surface area contributed by atoms with E-state index >= 15 is 0 Å². The van der Waals surface area contributed by atoms with E-state index in [4.69, 9.17) is 0 Å². The van der Waals surface area contributed by atoms with E-state index in [1.54, 1.807) is 0 Å². The van der Waals surface area contributed by atoms with Gasteiger partial charge in [-0.1, -0.05) is 24.3 Å². The van der Waals surface area contributed by atoms with E-state index in [1.807, 2.05) is 39.0 Å². The second kappa shape index (κ2) is 7.29. The molecule has 1 atom stereocenters. The van der Waals surface area contributed by atoms with Crippen molar-refractivity contribution in [2.24, 2.45) is 0 Å². The van der Waals surface area contributed by atoms with E-state index in [2.05, 4.69) is 11.9 Å². The number of hydrogen-bond acceptors (Lipinski definition) is 4. The molecule has 0 radical (unpaired) electrons. The minimum absolute atomic E-state index is 0.0689. The summed E-state index contributed by atoms with van der Waals surface area (Å²) in [5.74, 6) is -2.46. The van der Waals surface area contributed by atoms with Crippen molar-refractivity contribution >= 4 is 23.8 Å². The first-order valence-corrected chi connectivity index (χ1v) is 7.91. The third kappa shape index (κ3) is 3.76. The van der Waals surface area contributed by atoms with Crippen LogP contribution in [0.25, 0.3) is 0 Å². The van der Waals surface area contributed by atoms with Gasteiger partial charge >= 0.3 is 17.8 Å². The summed E-state index contributed by atoms with van der Waals surface area (Å²) in [5, 5.41) is 2.74. The van der Waals surface area contributed by atoms with Gasteiger partial charge in [-0.05, 0) is 37.5 Å². The van der Waals surface area contributed by atoms with Crippen LogP contribution >= 0.6 is 0 Å². The van der Waals surface area contributed by atoms with E-state index in [1.165, 1.54) is 6.08 Å². The standard InChI is InChI=1S/C18H21N3O4/c1-5-8-20-16(23)17(24)21(18(20)25)10-15(22)19-13(4)14-7-6-11(2)12(3)9-14/h5-7,9,13H,1,8,10H2,2-4H3,(H,19,22)/t13-/m1/s1. The summed E-state index contributed by atoms with van der Waals surface area (Å²) in [6, 6.07) is 4.76. The summed E-state index contributed by atoms with van der Waals surface area (Å²) < 4.78 is 0. The first-order chi connectivity index (χ1) is 11.8. The Morgan fingerprint density at radius 2 is 1.80 bits per heavy atom. The number of hydrogen-bond donors (Lipinski definition) is 1. The lowest BCUT2D eigenvalue weighted by atomic mass is 10.0. The van der Waals surface area contributed by atoms with Crippen LogP contribution in [-0.4, -0.2) is 46.6 Å². The third-order valence-corrected chi connectivity index (χ3v) is 4.16. The molecule has 1 fully saturated rings. The van der Waals surface area contributed by atoms with E-state index in [9.17, 15) is 19.2 Å². The number of rotatable bonds is 6. The molecule has 1 aliphatic rings. The molecule has 25 heavy (non-hydrogen) atoms. The average molecular weight is 343 g/mol. The summed E-state index contributed by atoms with van der Waals surface area (Å²) in [6.45, 7) is 8.66. The van der Waals surface area contributed by atoms with Crippen LogP contribution in [-0.2, 0) is 14.4 Å². The molecular formula is C18H21N3O4. The number of nitrogens with zero attached hydrogens (tertiary/aromatic N) is 2. The summed E-state index contributed by atoms with van der Waals surface area (Å²) >= 11 is 0. The molecule has 132 valence electrons. The summed E-state index contributed by atoms with van der Waals surface area (Å²) in [5.41, 5.74) is 3.17. The van der Waals surface area contributed by atoms with Crippen LogP contribution in [0.1, 0.15) is 29.7 Å². The zero-order valence-electron chi connectivity index (χ0n) is 14.5. The fraction of sp³-hybridized carbons (Fsp3) is 0.333. The van der Waals surface area contributed by atoms with Gasteiger partial charge in [0.2, 0.25) is 5.91 Å². The summed E-state index contributed by atoms with van der Waals surface area (Å²) in [7, 11) is 0. The molecule has 1 heterocycles. The smallest absolute Gasteiger partial charge is 0.335 e. The highest BCUT2D eigenvalue weighted by molar-refractivity contribution is 6.45. The lowest BCUT2D eigenvalue weighted by molar-refractivity contribution is -0.143. The maximum atomic E-state index is 12.2. The van der Waals surface area contributed by atoms with Crippen molar-refractivity contribution in [3.63, 3.8) is 0 Å². The summed E-state index contributed by atoms with van der Waals surface area (Å²) in [6.07, 6.45) is 1.34. The van der Waals surface area contributed by atoms with Crippen molar-refractivity contribution in [3.05, 3.63) is 47.5 Å². The van der Waals surface area contributed by atoms with Gasteiger partial charge in [0.1, 0.15) is 6.54 Å². The molecule has 5 amide bonds. The average Bonchev–Trinajstić information content (AvgIpc) is 2.75. The Morgan fingerprint density at radius 3 is 2.40 bits per heavy atom. The van der Waals surface area contributed by atoms with Crippen LogP contribution in [0.5, 0.6) is 0 Å². The van der Waals surface area contributed by atoms with Crippen molar-refractivity contribution in [1.29, 1.82) is 0 Å². The van der Waals surface area contributed by atoms with Gasteiger partial charge in [-0.25, -0.2) is 9.69 Å². The van der Waals surface area contributed by atoms with Gasteiger partial charge in [0.15, 0.2) is 0 Å². The van der Waals surface area contributed by atoms with Crippen LogP contribution < -0.4 is 5.32 Å². The highest BCUT2D eigenvalue weighted by Gasteiger charge is 2.44. The number of carbonyl (C=O) groups is 4. The van der Waals surface area contributed by atoms with Crippen LogP contribution in [0.15, 0.2) is 30.9 Å². The Bertz CT molecular complexity index is 757. The molecule has 1 N–H and O–H groups in total. The largest absolute Gasteiger partial charge is 0.348 e. The number of urea groups is 1. The second-order valence-corrected chi connectivity index (χ2v) is 6.01. The molecule has 0 spiro atoms. The predicted octanol–water partition coefficient (Wildman–Crippen LogP) is 1.46. The van der Waals surface area contributed by atoms with Crippen molar-refractivity contribution in [3.8, 4) is 0 Å². The van der Waals surface area contributed by atoms with Crippen LogP contribution in [0.3, 0.4) is 0 Å². The van der Waals surface area contributed by atoms with Crippen LogP contribution in [0.4, 0.5) is 4.79 Å². The number of benzene rings is 1. The van der Waals surface area contributed by atoms with Gasteiger partial charge in [-0.15, -0.1) is 6.58 Å². The normalized spacial score (nSPS) is 15.6. The van der Waals surface area contributed by atoms with Gasteiger partial charge in [0.05, 0.1) is 6.04 Å². The van der Waals surface area contributed by atoms with Gasteiger partial charge in [-0.3, -0.25) is 19.3 Å². The minimum Gasteiger partial charge on any atom is -0.348 e. The zero-order chi connectivity index (χ0) is 18.7. The molecule has 1 aromatic rings. The van der Waals surface area contributed by atoms with E-state index in [-0.39, 0.29) is 12.6 Å². The Balaban J connectivity index is 2.03. The van der Waals surface area contributed by atoms with Crippen LogP contribution in [0.2, 0.25) is 0 Å². The van der Waals surface area contributed by atoms with Gasteiger partial charge in [0, 0.05) is 6.54 Å². The molecule has 0 unspecified atom stereocenters. The van der Waals surface area contributed by atoms with Crippen molar-refractivity contribution in [1.82, 2.24) is 15.1 Å².